The summed E-state index contributed by atoms with van der Waals surface area (Å²) >= 11 is 0. The molecule has 0 radical (unpaired) electrons. The summed E-state index contributed by atoms with van der Waals surface area (Å²) in [7, 11) is 1.80. The lowest BCUT2D eigenvalue weighted by Gasteiger charge is -2.28. The van der Waals surface area contributed by atoms with E-state index in [0.29, 0.717) is 18.1 Å². The fraction of sp³-hybridized carbons (Fsp3) is 1.00. The molecule has 0 spiro atoms. The Morgan fingerprint density at radius 3 is 2.21 bits per heavy atom. The fourth-order valence-corrected chi connectivity index (χ4v) is 1.73. The van der Waals surface area contributed by atoms with Gasteiger partial charge < -0.3 is 10.1 Å². The molecular formula is C12H27NO. The predicted molar refractivity (Wildman–Crippen MR) is 62.6 cm³/mol. The molecule has 0 rings (SSSR count). The first-order valence-electron chi connectivity index (χ1n) is 5.93. The van der Waals surface area contributed by atoms with Crippen molar-refractivity contribution in [2.24, 2.45) is 5.92 Å². The van der Waals surface area contributed by atoms with Crippen LogP contribution in [0, 0.1) is 5.92 Å². The molecule has 0 saturated carbocycles. The van der Waals surface area contributed by atoms with Crippen molar-refractivity contribution in [2.45, 2.75) is 59.1 Å². The Bertz CT molecular complexity index is 127. The van der Waals surface area contributed by atoms with Crippen LogP contribution in [0.25, 0.3) is 0 Å². The van der Waals surface area contributed by atoms with Crippen LogP contribution in [0.15, 0.2) is 0 Å². The lowest BCUT2D eigenvalue weighted by molar-refractivity contribution is 0.0558. The van der Waals surface area contributed by atoms with Gasteiger partial charge in [0.05, 0.1) is 6.10 Å². The molecule has 0 aliphatic heterocycles. The molecule has 3 atom stereocenters. The van der Waals surface area contributed by atoms with Crippen LogP contribution in [0.4, 0.5) is 0 Å². The Kier molecular flexibility index (Phi) is 8.20. The molecule has 2 heteroatoms. The number of methoxy groups -OCH3 is 1. The predicted octanol–water partition coefficient (Wildman–Crippen LogP) is 2.83. The molecule has 0 amide bonds. The first-order valence-corrected chi connectivity index (χ1v) is 5.93. The Morgan fingerprint density at radius 2 is 1.79 bits per heavy atom. The minimum Gasteiger partial charge on any atom is -0.381 e. The summed E-state index contributed by atoms with van der Waals surface area (Å²) in [6.45, 7) is 9.99. The fourth-order valence-electron chi connectivity index (χ4n) is 1.73. The summed E-state index contributed by atoms with van der Waals surface area (Å²) in [5.74, 6) is 0.589. The molecule has 0 aliphatic carbocycles. The zero-order valence-electron chi connectivity index (χ0n) is 10.5. The molecule has 2 nitrogen and oxygen atoms in total. The molecule has 0 aliphatic rings. The van der Waals surface area contributed by atoms with Gasteiger partial charge in [-0.3, -0.25) is 0 Å². The van der Waals surface area contributed by atoms with E-state index < -0.39 is 0 Å². The van der Waals surface area contributed by atoms with Crippen LogP contribution >= 0.6 is 0 Å². The van der Waals surface area contributed by atoms with Crippen LogP contribution in [0.2, 0.25) is 0 Å². The molecule has 0 saturated heterocycles. The average Bonchev–Trinajstić information content (AvgIpc) is 2.22. The van der Waals surface area contributed by atoms with Gasteiger partial charge in [-0.05, 0) is 32.2 Å². The summed E-state index contributed by atoms with van der Waals surface area (Å²) in [5, 5.41) is 3.61. The van der Waals surface area contributed by atoms with E-state index in [1.165, 1.54) is 19.3 Å². The van der Waals surface area contributed by atoms with Gasteiger partial charge in [0, 0.05) is 13.2 Å². The second kappa shape index (κ2) is 8.25. The highest BCUT2D eigenvalue weighted by Gasteiger charge is 2.20. The molecule has 0 fully saturated rings. The van der Waals surface area contributed by atoms with Gasteiger partial charge in [-0.15, -0.1) is 0 Å². The highest BCUT2D eigenvalue weighted by Crippen LogP contribution is 2.15. The molecule has 0 aromatic heterocycles. The first kappa shape index (κ1) is 13.9. The lowest BCUT2D eigenvalue weighted by atomic mass is 9.93. The number of rotatable bonds is 8. The Labute approximate surface area is 89.4 Å². The average molecular weight is 201 g/mol. The van der Waals surface area contributed by atoms with Gasteiger partial charge in [-0.25, -0.2) is 0 Å². The van der Waals surface area contributed by atoms with Crippen LogP contribution in [0.1, 0.15) is 47.0 Å². The monoisotopic (exact) mass is 201 g/mol. The van der Waals surface area contributed by atoms with E-state index >= 15 is 0 Å². The third-order valence-corrected chi connectivity index (χ3v) is 3.00. The van der Waals surface area contributed by atoms with Crippen LogP contribution in [-0.2, 0) is 4.74 Å². The molecule has 86 valence electrons. The molecule has 0 bridgehead atoms. The normalized spacial score (nSPS) is 17.8. The SMILES string of the molecule is CCCNC(CCC)C(C)C(C)OC. The molecule has 3 unspecified atom stereocenters. The van der Waals surface area contributed by atoms with Crippen molar-refractivity contribution in [3.63, 3.8) is 0 Å². The van der Waals surface area contributed by atoms with Crippen molar-refractivity contribution in [1.82, 2.24) is 5.32 Å². The summed E-state index contributed by atoms with van der Waals surface area (Å²) in [6.07, 6.45) is 4.03. The highest BCUT2D eigenvalue weighted by atomic mass is 16.5. The standard InChI is InChI=1S/C12H27NO/c1-6-8-12(13-9-7-2)10(3)11(4)14-5/h10-13H,6-9H2,1-5H3. The van der Waals surface area contributed by atoms with E-state index in [-0.39, 0.29) is 0 Å². The van der Waals surface area contributed by atoms with Crippen molar-refractivity contribution < 1.29 is 4.74 Å². The minimum atomic E-state index is 0.343. The van der Waals surface area contributed by atoms with Crippen LogP contribution in [0.5, 0.6) is 0 Å². The van der Waals surface area contributed by atoms with Gasteiger partial charge in [0.25, 0.3) is 0 Å². The maximum Gasteiger partial charge on any atom is 0.0583 e. The van der Waals surface area contributed by atoms with Crippen molar-refractivity contribution >= 4 is 0 Å². The maximum atomic E-state index is 5.38. The van der Waals surface area contributed by atoms with Crippen molar-refractivity contribution in [3.05, 3.63) is 0 Å². The molecule has 14 heavy (non-hydrogen) atoms. The molecular weight excluding hydrogens is 174 g/mol. The van der Waals surface area contributed by atoms with Crippen LogP contribution in [-0.4, -0.2) is 25.8 Å². The van der Waals surface area contributed by atoms with Crippen LogP contribution in [0.3, 0.4) is 0 Å². The van der Waals surface area contributed by atoms with Crippen molar-refractivity contribution in [1.29, 1.82) is 0 Å². The van der Waals surface area contributed by atoms with E-state index in [0.717, 1.165) is 6.54 Å². The summed E-state index contributed by atoms with van der Waals surface area (Å²) in [6, 6.07) is 0.606. The third-order valence-electron chi connectivity index (χ3n) is 3.00. The summed E-state index contributed by atoms with van der Waals surface area (Å²) in [4.78, 5) is 0. The maximum absolute atomic E-state index is 5.38. The van der Waals surface area contributed by atoms with Gasteiger partial charge in [0.2, 0.25) is 0 Å². The number of hydrogen-bond acceptors (Lipinski definition) is 2. The summed E-state index contributed by atoms with van der Waals surface area (Å²) < 4.78 is 5.38. The Hall–Kier alpha value is -0.0800. The Balaban J connectivity index is 4.02. The number of ether oxygens (including phenoxy) is 1. The largest absolute Gasteiger partial charge is 0.381 e. The van der Waals surface area contributed by atoms with E-state index in [1.54, 1.807) is 7.11 Å². The summed E-state index contributed by atoms with van der Waals surface area (Å²) in [5.41, 5.74) is 0. The van der Waals surface area contributed by atoms with Gasteiger partial charge in [-0.2, -0.15) is 0 Å². The zero-order chi connectivity index (χ0) is 11.0. The highest BCUT2D eigenvalue weighted by molar-refractivity contribution is 4.77. The quantitative estimate of drug-likeness (QED) is 0.652. The molecule has 0 aromatic carbocycles. The first-order chi connectivity index (χ1) is 6.67. The van der Waals surface area contributed by atoms with Gasteiger partial charge in [-0.1, -0.05) is 27.2 Å². The van der Waals surface area contributed by atoms with E-state index in [1.807, 2.05) is 0 Å². The molecule has 0 heterocycles. The topological polar surface area (TPSA) is 21.3 Å². The van der Waals surface area contributed by atoms with Gasteiger partial charge >= 0.3 is 0 Å². The van der Waals surface area contributed by atoms with Gasteiger partial charge in [0.15, 0.2) is 0 Å². The van der Waals surface area contributed by atoms with E-state index in [9.17, 15) is 0 Å². The number of nitrogens with one attached hydrogen (secondary N) is 1. The number of hydrogen-bond donors (Lipinski definition) is 1. The minimum absolute atomic E-state index is 0.343. The smallest absolute Gasteiger partial charge is 0.0583 e. The lowest BCUT2D eigenvalue weighted by Crippen LogP contribution is -2.40. The second-order valence-electron chi connectivity index (χ2n) is 4.15. The molecule has 0 aromatic rings. The van der Waals surface area contributed by atoms with Crippen molar-refractivity contribution in [2.75, 3.05) is 13.7 Å². The third kappa shape index (κ3) is 4.97. The van der Waals surface area contributed by atoms with E-state index in [2.05, 4.69) is 33.0 Å². The Morgan fingerprint density at radius 1 is 1.14 bits per heavy atom. The van der Waals surface area contributed by atoms with Gasteiger partial charge in [0.1, 0.15) is 0 Å². The van der Waals surface area contributed by atoms with E-state index in [4.69, 9.17) is 4.74 Å². The van der Waals surface area contributed by atoms with Crippen molar-refractivity contribution in [3.8, 4) is 0 Å². The second-order valence-corrected chi connectivity index (χ2v) is 4.15. The molecule has 1 N–H and O–H groups in total. The zero-order valence-corrected chi connectivity index (χ0v) is 10.5. The van der Waals surface area contributed by atoms with Crippen LogP contribution < -0.4 is 5.32 Å².